The number of nitrogens with two attached hydrogens (primary N) is 1. The third-order valence-electron chi connectivity index (χ3n) is 4.09. The van der Waals surface area contributed by atoms with Crippen molar-refractivity contribution in [1.82, 2.24) is 19.9 Å². The van der Waals surface area contributed by atoms with Gasteiger partial charge in [0, 0.05) is 15.7 Å². The van der Waals surface area contributed by atoms with E-state index in [9.17, 15) is 4.79 Å². The minimum absolute atomic E-state index is 0.181. The van der Waals surface area contributed by atoms with Crippen molar-refractivity contribution in [2.45, 2.75) is 32.0 Å². The maximum absolute atomic E-state index is 12.5. The fraction of sp³-hybridized carbons (Fsp3) is 0.316. The number of fused-ring (bicyclic) bond motifs is 1. The first kappa shape index (κ1) is 20.7. The number of hydrogen-bond acceptors (Lipinski definition) is 5. The van der Waals surface area contributed by atoms with Gasteiger partial charge in [-0.05, 0) is 53.5 Å². The molecule has 3 N–H and O–H groups in total. The summed E-state index contributed by atoms with van der Waals surface area (Å²) in [5, 5.41) is 11.9. The van der Waals surface area contributed by atoms with Crippen molar-refractivity contribution in [3.05, 3.63) is 63.5 Å². The number of rotatable bonds is 7. The Kier molecular flexibility index (Phi) is 6.34. The van der Waals surface area contributed by atoms with E-state index in [-0.39, 0.29) is 12.5 Å². The first-order valence-electron chi connectivity index (χ1n) is 8.67. The van der Waals surface area contributed by atoms with Crippen molar-refractivity contribution < 1.29 is 9.53 Å². The van der Waals surface area contributed by atoms with Gasteiger partial charge in [-0.2, -0.15) is 0 Å². The summed E-state index contributed by atoms with van der Waals surface area (Å²) in [5.41, 5.74) is 6.42. The van der Waals surface area contributed by atoms with Crippen LogP contribution in [0.5, 0.6) is 0 Å². The predicted molar refractivity (Wildman–Crippen MR) is 111 cm³/mol. The second-order valence-electron chi connectivity index (χ2n) is 6.99. The summed E-state index contributed by atoms with van der Waals surface area (Å²) in [7, 11) is 0. The van der Waals surface area contributed by atoms with E-state index in [0.717, 1.165) is 10.0 Å². The summed E-state index contributed by atoms with van der Waals surface area (Å²) >= 11 is 9.63. The normalized spacial score (nSPS) is 12.9. The van der Waals surface area contributed by atoms with Crippen LogP contribution >= 0.6 is 27.5 Å². The fourth-order valence-electron chi connectivity index (χ4n) is 2.55. The zero-order valence-electron chi connectivity index (χ0n) is 15.5. The standard InChI is InChI=1S/C19H21BrClN5O2/c1-19(2,22)18(27)23-15(11-28-10-12-5-3-4-6-14(12)21)17-25-24-16-8-7-13(20)9-26(16)17/h3-9,15H,10-11,22H2,1-2H3,(H,23,27)/t15-/m1/s1. The Hall–Kier alpha value is -2.00. The lowest BCUT2D eigenvalue weighted by Gasteiger charge is -2.23. The van der Waals surface area contributed by atoms with E-state index >= 15 is 0 Å². The Morgan fingerprint density at radius 2 is 2.07 bits per heavy atom. The molecule has 2 aromatic heterocycles. The lowest BCUT2D eigenvalue weighted by molar-refractivity contribution is -0.126. The van der Waals surface area contributed by atoms with Gasteiger partial charge in [0.2, 0.25) is 5.91 Å². The van der Waals surface area contributed by atoms with Crippen LogP contribution in [0.25, 0.3) is 5.65 Å². The van der Waals surface area contributed by atoms with Gasteiger partial charge in [0.1, 0.15) is 6.04 Å². The summed E-state index contributed by atoms with van der Waals surface area (Å²) in [5.74, 6) is 0.235. The Bertz CT molecular complexity index is 986. The van der Waals surface area contributed by atoms with E-state index < -0.39 is 11.6 Å². The first-order valence-corrected chi connectivity index (χ1v) is 9.84. The molecule has 0 bridgehead atoms. The molecule has 0 aliphatic heterocycles. The number of pyridine rings is 1. The fourth-order valence-corrected chi connectivity index (χ4v) is 3.07. The Morgan fingerprint density at radius 1 is 1.32 bits per heavy atom. The molecule has 2 heterocycles. The summed E-state index contributed by atoms with van der Waals surface area (Å²) in [6.07, 6.45) is 1.84. The number of amides is 1. The maximum atomic E-state index is 12.5. The number of benzene rings is 1. The van der Waals surface area contributed by atoms with Crippen LogP contribution < -0.4 is 11.1 Å². The van der Waals surface area contributed by atoms with Gasteiger partial charge >= 0.3 is 0 Å². The second kappa shape index (κ2) is 8.57. The van der Waals surface area contributed by atoms with Crippen molar-refractivity contribution >= 4 is 39.1 Å². The SMILES string of the molecule is CC(C)(N)C(=O)N[C@H](COCc1ccccc1Cl)c1nnc2ccc(Br)cn12. The summed E-state index contributed by atoms with van der Waals surface area (Å²) < 4.78 is 8.51. The molecule has 0 radical (unpaired) electrons. The zero-order valence-corrected chi connectivity index (χ0v) is 17.9. The number of carbonyl (C=O) groups is 1. The monoisotopic (exact) mass is 465 g/mol. The third kappa shape index (κ3) is 4.88. The minimum atomic E-state index is -1.04. The lowest BCUT2D eigenvalue weighted by Crippen LogP contribution is -2.50. The van der Waals surface area contributed by atoms with Crippen LogP contribution in [0.1, 0.15) is 31.3 Å². The summed E-state index contributed by atoms with van der Waals surface area (Å²) in [4.78, 5) is 12.5. The highest BCUT2D eigenvalue weighted by molar-refractivity contribution is 9.10. The molecule has 0 unspecified atom stereocenters. The number of aromatic nitrogens is 3. The topological polar surface area (TPSA) is 94.5 Å². The molecule has 0 aliphatic rings. The van der Waals surface area contributed by atoms with Crippen molar-refractivity contribution in [3.8, 4) is 0 Å². The molecule has 1 atom stereocenters. The molecule has 28 heavy (non-hydrogen) atoms. The molecule has 0 spiro atoms. The van der Waals surface area contributed by atoms with E-state index in [1.165, 1.54) is 0 Å². The molecule has 1 aromatic carbocycles. The van der Waals surface area contributed by atoms with Crippen LogP contribution in [-0.2, 0) is 16.1 Å². The first-order chi connectivity index (χ1) is 13.3. The zero-order chi connectivity index (χ0) is 20.3. The number of nitrogens with one attached hydrogen (secondary N) is 1. The molecule has 9 heteroatoms. The largest absolute Gasteiger partial charge is 0.374 e. The van der Waals surface area contributed by atoms with Gasteiger partial charge in [0.15, 0.2) is 11.5 Å². The van der Waals surface area contributed by atoms with Gasteiger partial charge in [0.05, 0.1) is 18.8 Å². The number of ether oxygens (including phenoxy) is 1. The summed E-state index contributed by atoms with van der Waals surface area (Å²) in [6.45, 7) is 3.77. The van der Waals surface area contributed by atoms with Crippen LogP contribution in [-0.4, -0.2) is 32.7 Å². The van der Waals surface area contributed by atoms with Crippen LogP contribution in [0.15, 0.2) is 47.1 Å². The highest BCUT2D eigenvalue weighted by Gasteiger charge is 2.28. The molecular weight excluding hydrogens is 446 g/mol. The molecule has 3 aromatic rings. The van der Waals surface area contributed by atoms with Crippen molar-refractivity contribution in [2.75, 3.05) is 6.61 Å². The Balaban J connectivity index is 1.83. The smallest absolute Gasteiger partial charge is 0.240 e. The Morgan fingerprint density at radius 3 is 2.79 bits per heavy atom. The van der Waals surface area contributed by atoms with Crippen LogP contribution in [0.2, 0.25) is 5.02 Å². The second-order valence-corrected chi connectivity index (χ2v) is 8.31. The molecule has 3 rings (SSSR count). The van der Waals surface area contributed by atoms with Crippen molar-refractivity contribution in [3.63, 3.8) is 0 Å². The van der Waals surface area contributed by atoms with Gasteiger partial charge in [0.25, 0.3) is 0 Å². The molecule has 1 amide bonds. The quantitative estimate of drug-likeness (QED) is 0.557. The predicted octanol–water partition coefficient (Wildman–Crippen LogP) is 3.26. The lowest BCUT2D eigenvalue weighted by atomic mass is 10.1. The van der Waals surface area contributed by atoms with Gasteiger partial charge in [-0.25, -0.2) is 0 Å². The van der Waals surface area contributed by atoms with Crippen LogP contribution in [0.4, 0.5) is 0 Å². The molecule has 0 saturated carbocycles. The highest BCUT2D eigenvalue weighted by Crippen LogP contribution is 2.20. The third-order valence-corrected chi connectivity index (χ3v) is 4.93. The summed E-state index contributed by atoms with van der Waals surface area (Å²) in [6, 6.07) is 10.6. The van der Waals surface area contributed by atoms with Gasteiger partial charge in [-0.15, -0.1) is 10.2 Å². The molecule has 7 nitrogen and oxygen atoms in total. The van der Waals surface area contributed by atoms with E-state index in [2.05, 4.69) is 31.4 Å². The molecule has 0 aliphatic carbocycles. The molecule has 0 fully saturated rings. The number of nitrogens with zero attached hydrogens (tertiary/aromatic N) is 3. The average Bonchev–Trinajstić information content (AvgIpc) is 3.04. The van der Waals surface area contributed by atoms with Gasteiger partial charge < -0.3 is 15.8 Å². The van der Waals surface area contributed by atoms with Gasteiger partial charge in [-0.1, -0.05) is 29.8 Å². The highest BCUT2D eigenvalue weighted by atomic mass is 79.9. The van der Waals surface area contributed by atoms with Crippen molar-refractivity contribution in [1.29, 1.82) is 0 Å². The van der Waals surface area contributed by atoms with E-state index in [1.54, 1.807) is 24.3 Å². The van der Waals surface area contributed by atoms with Gasteiger partial charge in [-0.3, -0.25) is 9.20 Å². The van der Waals surface area contributed by atoms with E-state index in [1.807, 2.05) is 36.5 Å². The maximum Gasteiger partial charge on any atom is 0.240 e. The molecular formula is C19H21BrClN5O2. The average molecular weight is 467 g/mol. The Labute approximate surface area is 176 Å². The molecule has 0 saturated heterocycles. The minimum Gasteiger partial charge on any atom is -0.374 e. The van der Waals surface area contributed by atoms with Crippen molar-refractivity contribution in [2.24, 2.45) is 5.73 Å². The molecule has 148 valence electrons. The number of halogens is 2. The van der Waals surface area contributed by atoms with E-state index in [0.29, 0.717) is 23.1 Å². The van der Waals surface area contributed by atoms with Crippen LogP contribution in [0.3, 0.4) is 0 Å². The van der Waals surface area contributed by atoms with E-state index in [4.69, 9.17) is 22.1 Å². The van der Waals surface area contributed by atoms with Crippen LogP contribution in [0, 0.1) is 0 Å². The number of hydrogen-bond donors (Lipinski definition) is 2. The number of carbonyl (C=O) groups excluding carboxylic acids is 1.